The van der Waals surface area contributed by atoms with Crippen LogP contribution in [0.5, 0.6) is 0 Å². The fraction of sp³-hybridized carbons (Fsp3) is 0.571. The molecule has 0 spiro atoms. The van der Waals surface area contributed by atoms with Crippen molar-refractivity contribution in [2.45, 2.75) is 71.0 Å². The van der Waals surface area contributed by atoms with Crippen molar-refractivity contribution < 1.29 is 27.6 Å². The second kappa shape index (κ2) is 10.4. The zero-order valence-corrected chi connectivity index (χ0v) is 22.5. The number of carboxylic acids is 1. The molecule has 0 bridgehead atoms. The van der Waals surface area contributed by atoms with Crippen LogP contribution >= 0.6 is 0 Å². The van der Waals surface area contributed by atoms with Gasteiger partial charge in [-0.2, -0.15) is 23.3 Å². The minimum atomic E-state index is -4.39. The number of aryl methyl sites for hydroxylation is 1. The Morgan fingerprint density at radius 1 is 1.21 bits per heavy atom. The Morgan fingerprint density at radius 2 is 1.90 bits per heavy atom. The average Bonchev–Trinajstić information content (AvgIpc) is 3.47. The molecule has 0 saturated carbocycles. The summed E-state index contributed by atoms with van der Waals surface area (Å²) in [6, 6.07) is 5.16. The number of fused-ring (bicyclic) bond motifs is 1. The summed E-state index contributed by atoms with van der Waals surface area (Å²) in [5.41, 5.74) is 4.42. The van der Waals surface area contributed by atoms with Crippen LogP contribution < -0.4 is 0 Å². The Balaban J connectivity index is 1.28. The van der Waals surface area contributed by atoms with Gasteiger partial charge in [-0.1, -0.05) is 43.3 Å². The van der Waals surface area contributed by atoms with Gasteiger partial charge in [0.25, 0.3) is 5.89 Å². The highest BCUT2D eigenvalue weighted by atomic mass is 19.4. The highest BCUT2D eigenvalue weighted by Gasteiger charge is 2.44. The topological polar surface area (TPSA) is 97.3 Å². The predicted octanol–water partition coefficient (Wildman–Crippen LogP) is 5.31. The van der Waals surface area contributed by atoms with Crippen molar-refractivity contribution in [3.63, 3.8) is 0 Å². The summed E-state index contributed by atoms with van der Waals surface area (Å²) in [5, 5.41) is 17.7. The summed E-state index contributed by atoms with van der Waals surface area (Å²) in [6.07, 6.45) is -0.808. The summed E-state index contributed by atoms with van der Waals surface area (Å²) in [7, 11) is 1.92. The number of benzene rings is 1. The van der Waals surface area contributed by atoms with E-state index in [4.69, 9.17) is 9.63 Å². The highest BCUT2D eigenvalue weighted by molar-refractivity contribution is 5.67. The number of halogens is 3. The second-order valence-electron chi connectivity index (χ2n) is 11.7. The van der Waals surface area contributed by atoms with Crippen molar-refractivity contribution in [2.75, 3.05) is 13.1 Å². The van der Waals surface area contributed by atoms with Gasteiger partial charge in [-0.25, -0.2) is 0 Å². The number of aromatic nitrogens is 4. The summed E-state index contributed by atoms with van der Waals surface area (Å²) in [4.78, 5) is 16.9. The smallest absolute Gasteiger partial charge is 0.404 e. The van der Waals surface area contributed by atoms with Crippen LogP contribution in [0.4, 0.5) is 13.2 Å². The molecule has 1 atom stereocenters. The van der Waals surface area contributed by atoms with E-state index in [1.54, 1.807) is 24.3 Å². The molecule has 1 saturated heterocycles. The van der Waals surface area contributed by atoms with E-state index >= 15 is 0 Å². The molecule has 1 aliphatic heterocycles. The lowest BCUT2D eigenvalue weighted by Crippen LogP contribution is -2.50. The number of rotatable bonds is 7. The molecule has 0 amide bonds. The van der Waals surface area contributed by atoms with Gasteiger partial charge in [-0.05, 0) is 68.5 Å². The van der Waals surface area contributed by atoms with E-state index in [0.717, 1.165) is 24.8 Å². The monoisotopic (exact) mass is 545 g/mol. The van der Waals surface area contributed by atoms with E-state index in [-0.39, 0.29) is 37.3 Å². The van der Waals surface area contributed by atoms with Crippen molar-refractivity contribution in [3.05, 3.63) is 41.1 Å². The lowest BCUT2D eigenvalue weighted by Gasteiger charge is -2.38. The highest BCUT2D eigenvalue weighted by Crippen LogP contribution is 2.39. The molecule has 210 valence electrons. The molecule has 1 N–H and O–H groups in total. The maximum Gasteiger partial charge on any atom is 0.404 e. The standard InChI is InChI=1S/C28H34F3N5O3/c1-27(2)11-8-20-21(16-27)35(3)33-24(20)26-32-25(34-39-26)19-6-4-17(5-7-19)14-22(28(29,30)31)36-12-9-18(10-13-36)15-23(37)38/h4-7,18,22H,8-16H2,1-3H3,(H,37,38). The van der Waals surface area contributed by atoms with E-state index in [1.165, 1.54) is 10.6 Å². The minimum absolute atomic E-state index is 0.00473. The molecule has 11 heteroatoms. The molecule has 3 heterocycles. The maximum atomic E-state index is 14.0. The van der Waals surface area contributed by atoms with Crippen LogP contribution in [-0.4, -0.2) is 61.2 Å². The molecular formula is C28H34F3N5O3. The van der Waals surface area contributed by atoms with Crippen LogP contribution in [0, 0.1) is 11.3 Å². The van der Waals surface area contributed by atoms with E-state index in [9.17, 15) is 18.0 Å². The first kappa shape index (κ1) is 27.4. The van der Waals surface area contributed by atoms with Gasteiger partial charge < -0.3 is 9.63 Å². The Morgan fingerprint density at radius 3 is 2.54 bits per heavy atom. The predicted molar refractivity (Wildman–Crippen MR) is 138 cm³/mol. The van der Waals surface area contributed by atoms with Crippen molar-refractivity contribution in [1.29, 1.82) is 0 Å². The Hall–Kier alpha value is -3.21. The van der Waals surface area contributed by atoms with Gasteiger partial charge in [0.05, 0.1) is 0 Å². The Kier molecular flexibility index (Phi) is 7.30. The molecule has 5 rings (SSSR count). The van der Waals surface area contributed by atoms with Crippen LogP contribution in [0.2, 0.25) is 0 Å². The van der Waals surface area contributed by atoms with E-state index < -0.39 is 18.2 Å². The summed E-state index contributed by atoms with van der Waals surface area (Å²) in [5.74, 6) is -0.276. The van der Waals surface area contributed by atoms with Crippen LogP contribution in [0.3, 0.4) is 0 Å². The number of nitrogens with zero attached hydrogens (tertiary/aromatic N) is 5. The van der Waals surface area contributed by atoms with Gasteiger partial charge in [0.2, 0.25) is 5.82 Å². The number of aliphatic carboxylic acids is 1. The Labute approximate surface area is 225 Å². The Bertz CT molecular complexity index is 1320. The van der Waals surface area contributed by atoms with Crippen LogP contribution in [0.25, 0.3) is 23.0 Å². The maximum absolute atomic E-state index is 14.0. The van der Waals surface area contributed by atoms with Gasteiger partial charge in [0.15, 0.2) is 5.69 Å². The molecule has 1 unspecified atom stereocenters. The summed E-state index contributed by atoms with van der Waals surface area (Å²) >= 11 is 0. The van der Waals surface area contributed by atoms with Crippen molar-refractivity contribution in [3.8, 4) is 23.0 Å². The van der Waals surface area contributed by atoms with Crippen LogP contribution in [0.1, 0.15) is 56.4 Å². The number of likely N-dealkylation sites (tertiary alicyclic amines) is 1. The second-order valence-corrected chi connectivity index (χ2v) is 11.7. The number of carbonyl (C=O) groups is 1. The van der Waals surface area contributed by atoms with Crippen molar-refractivity contribution in [2.24, 2.45) is 18.4 Å². The average molecular weight is 546 g/mol. The molecular weight excluding hydrogens is 511 g/mol. The number of carboxylic acid groups (broad SMARTS) is 1. The molecule has 0 radical (unpaired) electrons. The molecule has 1 aliphatic carbocycles. The van der Waals surface area contributed by atoms with Gasteiger partial charge in [0, 0.05) is 30.3 Å². The van der Waals surface area contributed by atoms with Crippen LogP contribution in [-0.2, 0) is 31.1 Å². The zero-order chi connectivity index (χ0) is 27.9. The summed E-state index contributed by atoms with van der Waals surface area (Å²) < 4.78 is 49.4. The first-order valence-corrected chi connectivity index (χ1v) is 13.4. The first-order valence-electron chi connectivity index (χ1n) is 13.4. The third-order valence-electron chi connectivity index (χ3n) is 8.17. The lowest BCUT2D eigenvalue weighted by atomic mass is 9.76. The molecule has 8 nitrogen and oxygen atoms in total. The third-order valence-corrected chi connectivity index (χ3v) is 8.17. The van der Waals surface area contributed by atoms with Crippen molar-refractivity contribution >= 4 is 5.97 Å². The normalized spacial score (nSPS) is 19.1. The number of alkyl halides is 3. The van der Waals surface area contributed by atoms with Gasteiger partial charge >= 0.3 is 12.1 Å². The van der Waals surface area contributed by atoms with E-state index in [2.05, 4.69) is 29.1 Å². The van der Waals surface area contributed by atoms with E-state index in [1.807, 2.05) is 11.7 Å². The SMILES string of the molecule is Cn1nc(-c2nc(-c3ccc(CC(N4CCC(CC(=O)O)CC4)C(F)(F)F)cc3)no2)c2c1CC(C)(C)CC2. The van der Waals surface area contributed by atoms with E-state index in [0.29, 0.717) is 41.4 Å². The number of hydrogen-bond acceptors (Lipinski definition) is 6. The first-order chi connectivity index (χ1) is 18.4. The van der Waals surface area contributed by atoms with Crippen LogP contribution in [0.15, 0.2) is 28.8 Å². The van der Waals surface area contributed by atoms with Gasteiger partial charge in [0.1, 0.15) is 6.04 Å². The fourth-order valence-electron chi connectivity index (χ4n) is 5.88. The third kappa shape index (κ3) is 6.03. The lowest BCUT2D eigenvalue weighted by molar-refractivity contribution is -0.187. The molecule has 3 aromatic rings. The van der Waals surface area contributed by atoms with Crippen molar-refractivity contribution in [1.82, 2.24) is 24.8 Å². The molecule has 39 heavy (non-hydrogen) atoms. The van der Waals surface area contributed by atoms with Gasteiger partial charge in [-0.15, -0.1) is 0 Å². The molecule has 1 aromatic carbocycles. The zero-order valence-electron chi connectivity index (χ0n) is 22.5. The summed E-state index contributed by atoms with van der Waals surface area (Å²) in [6.45, 7) is 4.97. The number of hydrogen-bond donors (Lipinski definition) is 1. The molecule has 1 fully saturated rings. The minimum Gasteiger partial charge on any atom is -0.481 e. The largest absolute Gasteiger partial charge is 0.481 e. The molecule has 2 aromatic heterocycles. The quantitative estimate of drug-likeness (QED) is 0.430. The fourth-order valence-corrected chi connectivity index (χ4v) is 5.88. The molecule has 2 aliphatic rings. The number of piperidine rings is 1. The van der Waals surface area contributed by atoms with Gasteiger partial charge in [-0.3, -0.25) is 14.4 Å².